The Bertz CT molecular complexity index is 756. The highest BCUT2D eigenvalue weighted by Crippen LogP contribution is 2.34. The molecule has 3 rings (SSSR count). The van der Waals surface area contributed by atoms with Crippen LogP contribution >= 0.6 is 0 Å². The van der Waals surface area contributed by atoms with Crippen molar-refractivity contribution < 1.29 is 8.42 Å². The summed E-state index contributed by atoms with van der Waals surface area (Å²) in [7, 11) is -3.47. The van der Waals surface area contributed by atoms with E-state index in [2.05, 4.69) is 16.9 Å². The van der Waals surface area contributed by atoms with Gasteiger partial charge in [0.25, 0.3) is 0 Å². The minimum absolute atomic E-state index is 0.272. The minimum Gasteiger partial charge on any atom is -0.326 e. The van der Waals surface area contributed by atoms with Gasteiger partial charge in [-0.05, 0) is 35.2 Å². The Morgan fingerprint density at radius 2 is 1.95 bits per heavy atom. The number of sulfonamides is 1. The monoisotopic (exact) mass is 302 g/mol. The first kappa shape index (κ1) is 14.3. The summed E-state index contributed by atoms with van der Waals surface area (Å²) in [6, 6.07) is 14.9. The third kappa shape index (κ3) is 2.85. The zero-order valence-electron chi connectivity index (χ0n) is 11.6. The summed E-state index contributed by atoms with van der Waals surface area (Å²) < 4.78 is 27.3. The number of fused-ring (bicyclic) bond motifs is 1. The van der Waals surface area contributed by atoms with Crippen LogP contribution in [0, 0.1) is 0 Å². The van der Waals surface area contributed by atoms with E-state index in [1.807, 2.05) is 18.2 Å². The second-order valence-electron chi connectivity index (χ2n) is 5.30. The van der Waals surface area contributed by atoms with Gasteiger partial charge < -0.3 is 5.73 Å². The molecule has 0 bridgehead atoms. The lowest BCUT2D eigenvalue weighted by Crippen LogP contribution is -2.33. The Hall–Kier alpha value is -1.69. The van der Waals surface area contributed by atoms with E-state index in [1.165, 1.54) is 11.1 Å². The van der Waals surface area contributed by atoms with Gasteiger partial charge in [0.1, 0.15) is 0 Å². The van der Waals surface area contributed by atoms with E-state index in [0.29, 0.717) is 13.1 Å². The molecule has 0 saturated carbocycles. The summed E-state index contributed by atoms with van der Waals surface area (Å²) in [6.07, 6.45) is 0.932. The molecule has 1 aliphatic carbocycles. The maximum absolute atomic E-state index is 12.3. The predicted molar refractivity (Wildman–Crippen MR) is 82.4 cm³/mol. The molecule has 0 aliphatic heterocycles. The van der Waals surface area contributed by atoms with E-state index < -0.39 is 10.0 Å². The second-order valence-corrected chi connectivity index (χ2v) is 7.07. The molecule has 1 atom stereocenters. The number of hydrogen-bond acceptors (Lipinski definition) is 3. The van der Waals surface area contributed by atoms with E-state index in [4.69, 9.17) is 5.73 Å². The minimum atomic E-state index is -3.47. The van der Waals surface area contributed by atoms with Crippen molar-refractivity contribution in [2.45, 2.75) is 23.8 Å². The van der Waals surface area contributed by atoms with Crippen LogP contribution < -0.4 is 10.5 Å². The first-order chi connectivity index (χ1) is 10.1. The van der Waals surface area contributed by atoms with Crippen molar-refractivity contribution in [1.82, 2.24) is 4.72 Å². The average molecular weight is 302 g/mol. The lowest BCUT2D eigenvalue weighted by atomic mass is 9.78. The number of benzene rings is 2. The van der Waals surface area contributed by atoms with Crippen LogP contribution in [0.2, 0.25) is 0 Å². The number of rotatable bonds is 5. The Labute approximate surface area is 125 Å². The highest BCUT2D eigenvalue weighted by atomic mass is 32.2. The van der Waals surface area contributed by atoms with Crippen LogP contribution in [0.5, 0.6) is 0 Å². The molecule has 3 N–H and O–H groups in total. The molecule has 0 spiro atoms. The topological polar surface area (TPSA) is 72.2 Å². The highest BCUT2D eigenvalue weighted by Gasteiger charge is 2.27. The summed E-state index contributed by atoms with van der Waals surface area (Å²) in [5.41, 5.74) is 8.92. The second kappa shape index (κ2) is 5.60. The van der Waals surface area contributed by atoms with Gasteiger partial charge in [-0.25, -0.2) is 13.1 Å². The SMILES string of the molecule is NCc1cccc(S(=O)(=O)NCC2Cc3ccccc32)c1. The fraction of sp³-hybridized carbons (Fsp3) is 0.250. The zero-order valence-corrected chi connectivity index (χ0v) is 12.4. The predicted octanol–water partition coefficient (Wildman–Crippen LogP) is 1.76. The van der Waals surface area contributed by atoms with Gasteiger partial charge in [-0.2, -0.15) is 0 Å². The first-order valence-electron chi connectivity index (χ1n) is 6.96. The van der Waals surface area contributed by atoms with Gasteiger partial charge in [-0.3, -0.25) is 0 Å². The molecule has 5 heteroatoms. The van der Waals surface area contributed by atoms with Crippen LogP contribution in [-0.2, 0) is 23.0 Å². The van der Waals surface area contributed by atoms with Gasteiger partial charge in [0, 0.05) is 19.0 Å². The van der Waals surface area contributed by atoms with Crippen LogP contribution in [0.3, 0.4) is 0 Å². The lowest BCUT2D eigenvalue weighted by molar-refractivity contribution is 0.552. The first-order valence-corrected chi connectivity index (χ1v) is 8.45. The van der Waals surface area contributed by atoms with Gasteiger partial charge in [-0.1, -0.05) is 36.4 Å². The fourth-order valence-corrected chi connectivity index (χ4v) is 3.83. The molecule has 1 aliphatic rings. The normalized spacial score (nSPS) is 17.1. The summed E-state index contributed by atoms with van der Waals surface area (Å²) in [5.74, 6) is 0.272. The quantitative estimate of drug-likeness (QED) is 0.884. The van der Waals surface area contributed by atoms with E-state index in [9.17, 15) is 8.42 Å². The smallest absolute Gasteiger partial charge is 0.240 e. The molecule has 21 heavy (non-hydrogen) atoms. The van der Waals surface area contributed by atoms with Crippen LogP contribution in [-0.4, -0.2) is 15.0 Å². The molecule has 0 heterocycles. The lowest BCUT2D eigenvalue weighted by Gasteiger charge is -2.30. The molecule has 0 radical (unpaired) electrons. The molecule has 0 fully saturated rings. The van der Waals surface area contributed by atoms with Crippen molar-refractivity contribution in [1.29, 1.82) is 0 Å². The van der Waals surface area contributed by atoms with Crippen LogP contribution in [0.15, 0.2) is 53.4 Å². The summed E-state index contributed by atoms with van der Waals surface area (Å²) >= 11 is 0. The molecule has 2 aromatic rings. The highest BCUT2D eigenvalue weighted by molar-refractivity contribution is 7.89. The van der Waals surface area contributed by atoms with Crippen molar-refractivity contribution in [3.8, 4) is 0 Å². The van der Waals surface area contributed by atoms with Crippen molar-refractivity contribution >= 4 is 10.0 Å². The Morgan fingerprint density at radius 3 is 2.71 bits per heavy atom. The molecule has 0 amide bonds. The van der Waals surface area contributed by atoms with Crippen LogP contribution in [0.1, 0.15) is 22.6 Å². The molecule has 2 aromatic carbocycles. The van der Waals surface area contributed by atoms with E-state index in [1.54, 1.807) is 18.2 Å². The largest absolute Gasteiger partial charge is 0.326 e. The fourth-order valence-electron chi connectivity index (χ4n) is 2.68. The standard InChI is InChI=1S/C16H18N2O2S/c17-10-12-4-3-6-15(8-12)21(19,20)18-11-14-9-13-5-1-2-7-16(13)14/h1-8,14,18H,9-11,17H2. The van der Waals surface area contributed by atoms with Gasteiger partial charge >= 0.3 is 0 Å². The average Bonchev–Trinajstić information content (AvgIpc) is 2.48. The zero-order chi connectivity index (χ0) is 14.9. The molecular weight excluding hydrogens is 284 g/mol. The van der Waals surface area contributed by atoms with Crippen molar-refractivity contribution in [3.63, 3.8) is 0 Å². The maximum Gasteiger partial charge on any atom is 0.240 e. The van der Waals surface area contributed by atoms with Crippen molar-refractivity contribution in [2.24, 2.45) is 5.73 Å². The molecule has 1 unspecified atom stereocenters. The van der Waals surface area contributed by atoms with Gasteiger partial charge in [0.2, 0.25) is 10.0 Å². The Kier molecular flexibility index (Phi) is 3.80. The van der Waals surface area contributed by atoms with Gasteiger partial charge in [-0.15, -0.1) is 0 Å². The van der Waals surface area contributed by atoms with E-state index in [-0.39, 0.29) is 10.8 Å². The molecule has 0 aromatic heterocycles. The molecular formula is C16H18N2O2S. The number of nitrogens with one attached hydrogen (secondary N) is 1. The maximum atomic E-state index is 12.3. The number of hydrogen-bond donors (Lipinski definition) is 2. The molecule has 4 nitrogen and oxygen atoms in total. The molecule has 0 saturated heterocycles. The van der Waals surface area contributed by atoms with Crippen LogP contribution in [0.25, 0.3) is 0 Å². The number of nitrogens with two attached hydrogens (primary N) is 1. The summed E-state index contributed by atoms with van der Waals surface area (Å²) in [4.78, 5) is 0.276. The van der Waals surface area contributed by atoms with Crippen LogP contribution in [0.4, 0.5) is 0 Å². The van der Waals surface area contributed by atoms with E-state index >= 15 is 0 Å². The van der Waals surface area contributed by atoms with Crippen molar-refractivity contribution in [3.05, 3.63) is 65.2 Å². The third-order valence-electron chi connectivity index (χ3n) is 3.93. The Balaban J connectivity index is 1.70. The molecule has 110 valence electrons. The van der Waals surface area contributed by atoms with Gasteiger partial charge in [0.05, 0.1) is 4.90 Å². The summed E-state index contributed by atoms with van der Waals surface area (Å²) in [5, 5.41) is 0. The van der Waals surface area contributed by atoms with Crippen molar-refractivity contribution in [2.75, 3.05) is 6.54 Å². The van der Waals surface area contributed by atoms with E-state index in [0.717, 1.165) is 12.0 Å². The van der Waals surface area contributed by atoms with Gasteiger partial charge in [0.15, 0.2) is 0 Å². The Morgan fingerprint density at radius 1 is 1.14 bits per heavy atom. The summed E-state index contributed by atoms with van der Waals surface area (Å²) in [6.45, 7) is 0.769. The third-order valence-corrected chi connectivity index (χ3v) is 5.35.